The molecule has 1 aliphatic heterocycles. The Balaban J connectivity index is 0.00000480. The zero-order valence-electron chi connectivity index (χ0n) is 19.3. The Morgan fingerprint density at radius 3 is 2.48 bits per heavy atom. The smallest absolute Gasteiger partial charge is 0.191 e. The van der Waals surface area contributed by atoms with E-state index in [9.17, 15) is 4.39 Å². The molecule has 2 N–H and O–H groups in total. The SMILES string of the molecule is CCNC(=NCCN1CCN(c2ccc(F)cc2)CC1)NCCN(C)CCCOC.I. The molecule has 1 heterocycles. The van der Waals surface area contributed by atoms with Gasteiger partial charge in [0.15, 0.2) is 5.96 Å². The summed E-state index contributed by atoms with van der Waals surface area (Å²) in [6.45, 7) is 12.3. The molecule has 0 atom stereocenters. The second-order valence-corrected chi connectivity index (χ2v) is 7.64. The van der Waals surface area contributed by atoms with Crippen LogP contribution in [0.3, 0.4) is 0 Å². The number of ether oxygens (including phenoxy) is 1. The molecule has 1 aliphatic rings. The van der Waals surface area contributed by atoms with Crippen molar-refractivity contribution >= 4 is 35.6 Å². The molecule has 7 nitrogen and oxygen atoms in total. The maximum Gasteiger partial charge on any atom is 0.191 e. The first-order valence-corrected chi connectivity index (χ1v) is 11.0. The quantitative estimate of drug-likeness (QED) is 0.180. The Bertz CT molecular complexity index is 611. The predicted molar refractivity (Wildman–Crippen MR) is 138 cm³/mol. The molecule has 9 heteroatoms. The van der Waals surface area contributed by atoms with Crippen LogP contribution in [0.1, 0.15) is 13.3 Å². The van der Waals surface area contributed by atoms with Crippen LogP contribution in [0.25, 0.3) is 0 Å². The summed E-state index contributed by atoms with van der Waals surface area (Å²) in [5, 5.41) is 6.74. The Morgan fingerprint density at radius 2 is 1.84 bits per heavy atom. The topological polar surface area (TPSA) is 55.4 Å². The number of methoxy groups -OCH3 is 1. The Hall–Kier alpha value is -1.17. The highest BCUT2D eigenvalue weighted by molar-refractivity contribution is 14.0. The van der Waals surface area contributed by atoms with Crippen molar-refractivity contribution in [1.82, 2.24) is 20.4 Å². The largest absolute Gasteiger partial charge is 0.385 e. The van der Waals surface area contributed by atoms with Crippen molar-refractivity contribution in [2.45, 2.75) is 13.3 Å². The van der Waals surface area contributed by atoms with Gasteiger partial charge in [-0.1, -0.05) is 0 Å². The number of nitrogens with one attached hydrogen (secondary N) is 2. The molecule has 1 aromatic rings. The summed E-state index contributed by atoms with van der Waals surface area (Å²) in [6.07, 6.45) is 1.05. The lowest BCUT2D eigenvalue weighted by atomic mass is 10.2. The minimum atomic E-state index is -0.182. The number of rotatable bonds is 12. The lowest BCUT2D eigenvalue weighted by Crippen LogP contribution is -2.47. The van der Waals surface area contributed by atoms with Gasteiger partial charge in [-0.3, -0.25) is 9.89 Å². The summed E-state index contributed by atoms with van der Waals surface area (Å²) in [5.41, 5.74) is 1.10. The van der Waals surface area contributed by atoms with E-state index in [1.165, 1.54) is 12.1 Å². The van der Waals surface area contributed by atoms with E-state index in [1.807, 2.05) is 12.1 Å². The van der Waals surface area contributed by atoms with Gasteiger partial charge in [0.05, 0.1) is 6.54 Å². The number of aliphatic imine (C=N–C) groups is 1. The molecule has 1 saturated heterocycles. The molecule has 0 saturated carbocycles. The Morgan fingerprint density at radius 1 is 1.13 bits per heavy atom. The highest BCUT2D eigenvalue weighted by atomic mass is 127. The van der Waals surface area contributed by atoms with Crippen LogP contribution >= 0.6 is 24.0 Å². The average molecular weight is 551 g/mol. The highest BCUT2D eigenvalue weighted by Crippen LogP contribution is 2.16. The van der Waals surface area contributed by atoms with E-state index in [2.05, 4.69) is 39.3 Å². The van der Waals surface area contributed by atoms with Crippen molar-refractivity contribution in [3.8, 4) is 0 Å². The van der Waals surface area contributed by atoms with E-state index in [-0.39, 0.29) is 29.8 Å². The van der Waals surface area contributed by atoms with Gasteiger partial charge in [0.1, 0.15) is 5.82 Å². The molecule has 0 aliphatic carbocycles. The number of hydrogen-bond donors (Lipinski definition) is 2. The summed E-state index contributed by atoms with van der Waals surface area (Å²) in [5.74, 6) is 0.700. The number of piperazine rings is 1. The summed E-state index contributed by atoms with van der Waals surface area (Å²) in [7, 11) is 3.87. The second-order valence-electron chi connectivity index (χ2n) is 7.64. The van der Waals surface area contributed by atoms with Crippen LogP contribution in [0, 0.1) is 5.82 Å². The maximum absolute atomic E-state index is 13.1. The van der Waals surface area contributed by atoms with Gasteiger partial charge in [0.2, 0.25) is 0 Å². The zero-order valence-corrected chi connectivity index (χ0v) is 21.6. The molecule has 0 bridgehead atoms. The summed E-state index contributed by atoms with van der Waals surface area (Å²) >= 11 is 0. The van der Waals surface area contributed by atoms with Gasteiger partial charge in [0, 0.05) is 78.3 Å². The minimum Gasteiger partial charge on any atom is -0.385 e. The third kappa shape index (κ3) is 11.3. The Kier molecular flexibility index (Phi) is 14.8. The number of anilines is 1. The first-order valence-electron chi connectivity index (χ1n) is 11.0. The van der Waals surface area contributed by atoms with Crippen LogP contribution in [0.4, 0.5) is 10.1 Å². The molecule has 0 aromatic heterocycles. The number of hydrogen-bond acceptors (Lipinski definition) is 5. The van der Waals surface area contributed by atoms with Crippen molar-refractivity contribution in [3.63, 3.8) is 0 Å². The molecule has 0 spiro atoms. The minimum absolute atomic E-state index is 0. The number of benzene rings is 1. The van der Waals surface area contributed by atoms with Crippen molar-refractivity contribution in [1.29, 1.82) is 0 Å². The lowest BCUT2D eigenvalue weighted by molar-refractivity contribution is 0.180. The molecule has 178 valence electrons. The highest BCUT2D eigenvalue weighted by Gasteiger charge is 2.16. The lowest BCUT2D eigenvalue weighted by Gasteiger charge is -2.35. The molecule has 2 rings (SSSR count). The van der Waals surface area contributed by atoms with E-state index >= 15 is 0 Å². The van der Waals surface area contributed by atoms with Crippen molar-refractivity contribution in [2.24, 2.45) is 4.99 Å². The summed E-state index contributed by atoms with van der Waals surface area (Å²) in [6, 6.07) is 6.78. The maximum atomic E-state index is 13.1. The van der Waals surface area contributed by atoms with E-state index in [1.54, 1.807) is 7.11 Å². The van der Waals surface area contributed by atoms with Gasteiger partial charge >= 0.3 is 0 Å². The number of guanidine groups is 1. The van der Waals surface area contributed by atoms with Crippen LogP contribution in [-0.4, -0.2) is 102 Å². The summed E-state index contributed by atoms with van der Waals surface area (Å²) in [4.78, 5) is 11.8. The molecule has 0 unspecified atom stereocenters. The van der Waals surface area contributed by atoms with E-state index in [4.69, 9.17) is 9.73 Å². The van der Waals surface area contributed by atoms with Crippen LogP contribution in [-0.2, 0) is 4.74 Å². The molecule has 1 aromatic carbocycles. The van der Waals surface area contributed by atoms with Gasteiger partial charge in [-0.25, -0.2) is 4.39 Å². The molecule has 31 heavy (non-hydrogen) atoms. The van der Waals surface area contributed by atoms with Gasteiger partial charge in [0.25, 0.3) is 0 Å². The molecule has 0 amide bonds. The van der Waals surface area contributed by atoms with Gasteiger partial charge in [-0.05, 0) is 44.7 Å². The van der Waals surface area contributed by atoms with Crippen LogP contribution in [0.5, 0.6) is 0 Å². The van der Waals surface area contributed by atoms with E-state index in [0.29, 0.717) is 0 Å². The molecule has 0 radical (unpaired) electrons. The fraction of sp³-hybridized carbons (Fsp3) is 0.682. The fourth-order valence-corrected chi connectivity index (χ4v) is 3.48. The monoisotopic (exact) mass is 550 g/mol. The molecular weight excluding hydrogens is 510 g/mol. The van der Waals surface area contributed by atoms with Crippen LogP contribution in [0.2, 0.25) is 0 Å². The second kappa shape index (κ2) is 16.5. The Labute approximate surface area is 204 Å². The van der Waals surface area contributed by atoms with Crippen LogP contribution in [0.15, 0.2) is 29.3 Å². The third-order valence-electron chi connectivity index (χ3n) is 5.27. The zero-order chi connectivity index (χ0) is 21.6. The van der Waals surface area contributed by atoms with Crippen molar-refractivity contribution in [2.75, 3.05) is 91.1 Å². The van der Waals surface area contributed by atoms with E-state index < -0.39 is 0 Å². The van der Waals surface area contributed by atoms with Gasteiger partial charge in [-0.2, -0.15) is 0 Å². The standard InChI is InChI=1S/C22H39FN6O.HI/c1-4-24-22(25-10-13-27(2)12-5-19-30-3)26-11-14-28-15-17-29(18-16-28)21-8-6-20(23)7-9-21;/h6-9H,4-5,10-19H2,1-3H3,(H2,24,25,26);1H. The average Bonchev–Trinajstić information content (AvgIpc) is 2.75. The fourth-order valence-electron chi connectivity index (χ4n) is 3.48. The molecule has 1 fully saturated rings. The molecular formula is C22H40FIN6O. The van der Waals surface area contributed by atoms with Gasteiger partial charge in [-0.15, -0.1) is 24.0 Å². The van der Waals surface area contributed by atoms with Gasteiger partial charge < -0.3 is 25.2 Å². The number of nitrogens with zero attached hydrogens (tertiary/aromatic N) is 4. The number of halogens is 2. The van der Waals surface area contributed by atoms with Crippen molar-refractivity contribution in [3.05, 3.63) is 30.1 Å². The normalized spacial score (nSPS) is 15.1. The van der Waals surface area contributed by atoms with E-state index in [0.717, 1.165) is 90.1 Å². The summed E-state index contributed by atoms with van der Waals surface area (Å²) < 4.78 is 18.2. The predicted octanol–water partition coefficient (Wildman–Crippen LogP) is 2.09. The first kappa shape index (κ1) is 27.9. The first-order chi connectivity index (χ1) is 14.6. The van der Waals surface area contributed by atoms with Crippen LogP contribution < -0.4 is 15.5 Å². The number of likely N-dealkylation sites (N-methyl/N-ethyl adjacent to an activating group) is 1. The van der Waals surface area contributed by atoms with Crippen molar-refractivity contribution < 1.29 is 9.13 Å². The third-order valence-corrected chi connectivity index (χ3v) is 5.27.